The number of quaternary nitrogens is 1. The van der Waals surface area contributed by atoms with Crippen LogP contribution in [-0.4, -0.2) is 62.1 Å². The standard InChI is InChI=1S/C17H28N3O2/c18-15-4-5-16-17(14-15)22-13-7-19(16)6-3-10-20(11-12-21)8-1-2-9-20/h4-5,14,21H,1-3,6-13,18H2/q+1. The molecule has 3 N–H and O–H groups in total. The summed E-state index contributed by atoms with van der Waals surface area (Å²) in [5.74, 6) is 0.909. The quantitative estimate of drug-likeness (QED) is 0.617. The van der Waals surface area contributed by atoms with Crippen molar-refractivity contribution in [1.82, 2.24) is 0 Å². The largest absolute Gasteiger partial charge is 0.489 e. The van der Waals surface area contributed by atoms with Crippen molar-refractivity contribution < 1.29 is 14.3 Å². The summed E-state index contributed by atoms with van der Waals surface area (Å²) < 4.78 is 6.82. The second-order valence-electron chi connectivity index (χ2n) is 6.58. The molecule has 1 aromatic carbocycles. The van der Waals surface area contributed by atoms with Crippen molar-refractivity contribution in [2.75, 3.05) is 63.1 Å². The Bertz CT molecular complexity index is 501. The minimum Gasteiger partial charge on any atom is -0.489 e. The molecular weight excluding hydrogens is 278 g/mol. The molecule has 1 aromatic rings. The molecule has 0 saturated carbocycles. The van der Waals surface area contributed by atoms with E-state index >= 15 is 0 Å². The molecule has 2 aliphatic rings. The first kappa shape index (κ1) is 15.4. The minimum atomic E-state index is 0.305. The van der Waals surface area contributed by atoms with Gasteiger partial charge in [-0.2, -0.15) is 0 Å². The second-order valence-corrected chi connectivity index (χ2v) is 6.58. The topological polar surface area (TPSA) is 58.7 Å². The van der Waals surface area contributed by atoms with Crippen LogP contribution in [0.25, 0.3) is 0 Å². The number of rotatable bonds is 6. The molecule has 1 saturated heterocycles. The van der Waals surface area contributed by atoms with Crippen LogP contribution in [0, 0.1) is 0 Å². The van der Waals surface area contributed by atoms with Crippen LogP contribution in [0.3, 0.4) is 0 Å². The molecule has 0 atom stereocenters. The number of anilines is 2. The molecule has 122 valence electrons. The van der Waals surface area contributed by atoms with Crippen LogP contribution in [0.1, 0.15) is 19.3 Å². The van der Waals surface area contributed by atoms with E-state index in [9.17, 15) is 5.11 Å². The third kappa shape index (κ3) is 3.31. The van der Waals surface area contributed by atoms with E-state index in [2.05, 4.69) is 11.0 Å². The molecule has 0 unspecified atom stereocenters. The zero-order valence-electron chi connectivity index (χ0n) is 13.3. The van der Waals surface area contributed by atoms with Gasteiger partial charge in [0, 0.05) is 37.6 Å². The lowest BCUT2D eigenvalue weighted by molar-refractivity contribution is -0.917. The van der Waals surface area contributed by atoms with Crippen molar-refractivity contribution in [2.24, 2.45) is 0 Å². The van der Waals surface area contributed by atoms with Gasteiger partial charge in [-0.15, -0.1) is 0 Å². The number of nitrogen functional groups attached to an aromatic ring is 1. The van der Waals surface area contributed by atoms with Crippen molar-refractivity contribution in [1.29, 1.82) is 0 Å². The molecule has 2 heterocycles. The molecule has 1 fully saturated rings. The van der Waals surface area contributed by atoms with Crippen molar-refractivity contribution in [3.8, 4) is 5.75 Å². The molecule has 0 radical (unpaired) electrons. The van der Waals surface area contributed by atoms with Crippen molar-refractivity contribution in [3.05, 3.63) is 18.2 Å². The van der Waals surface area contributed by atoms with Crippen molar-refractivity contribution >= 4 is 11.4 Å². The van der Waals surface area contributed by atoms with Gasteiger partial charge in [-0.3, -0.25) is 0 Å². The molecule has 5 heteroatoms. The number of fused-ring (bicyclic) bond motifs is 1. The Balaban J connectivity index is 1.58. The van der Waals surface area contributed by atoms with Gasteiger partial charge in [-0.05, 0) is 12.1 Å². The summed E-state index contributed by atoms with van der Waals surface area (Å²) >= 11 is 0. The lowest BCUT2D eigenvalue weighted by Gasteiger charge is -2.36. The van der Waals surface area contributed by atoms with Crippen LogP contribution in [0.15, 0.2) is 18.2 Å². The van der Waals surface area contributed by atoms with E-state index in [0.717, 1.165) is 54.3 Å². The molecular formula is C17H28N3O2+. The Morgan fingerprint density at radius 2 is 2.05 bits per heavy atom. The molecule has 22 heavy (non-hydrogen) atoms. The minimum absolute atomic E-state index is 0.305. The maximum absolute atomic E-state index is 9.34. The number of nitrogens with two attached hydrogens (primary N) is 1. The average Bonchev–Trinajstić information content (AvgIpc) is 2.96. The summed E-state index contributed by atoms with van der Waals surface area (Å²) in [4.78, 5) is 2.41. The van der Waals surface area contributed by atoms with E-state index in [1.54, 1.807) is 0 Å². The lowest BCUT2D eigenvalue weighted by atomic mass is 10.2. The van der Waals surface area contributed by atoms with Gasteiger partial charge < -0.3 is 25.0 Å². The molecule has 3 rings (SSSR count). The number of hydrogen-bond acceptors (Lipinski definition) is 4. The summed E-state index contributed by atoms with van der Waals surface area (Å²) in [6, 6.07) is 5.93. The zero-order valence-corrected chi connectivity index (χ0v) is 13.3. The van der Waals surface area contributed by atoms with E-state index in [1.165, 1.54) is 32.5 Å². The monoisotopic (exact) mass is 306 g/mol. The van der Waals surface area contributed by atoms with Gasteiger partial charge in [0.25, 0.3) is 0 Å². The Hall–Kier alpha value is -1.46. The summed E-state index contributed by atoms with van der Waals surface area (Å²) in [6.45, 7) is 7.57. The average molecular weight is 306 g/mol. The lowest BCUT2D eigenvalue weighted by Crippen LogP contribution is -2.49. The van der Waals surface area contributed by atoms with E-state index < -0.39 is 0 Å². The highest BCUT2D eigenvalue weighted by molar-refractivity contribution is 5.64. The summed E-state index contributed by atoms with van der Waals surface area (Å²) in [6.07, 6.45) is 3.77. The molecule has 0 amide bonds. The third-order valence-corrected chi connectivity index (χ3v) is 5.09. The fraction of sp³-hybridized carbons (Fsp3) is 0.647. The van der Waals surface area contributed by atoms with Gasteiger partial charge in [-0.1, -0.05) is 0 Å². The smallest absolute Gasteiger partial charge is 0.144 e. The molecule has 0 spiro atoms. The van der Waals surface area contributed by atoms with Crippen LogP contribution in [0.5, 0.6) is 5.75 Å². The summed E-state index contributed by atoms with van der Waals surface area (Å²) in [5.41, 5.74) is 7.75. The molecule has 0 aliphatic carbocycles. The first-order valence-corrected chi connectivity index (χ1v) is 8.46. The predicted octanol–water partition coefficient (Wildman–Crippen LogP) is 1.46. The zero-order chi connectivity index (χ0) is 15.4. The SMILES string of the molecule is Nc1ccc2c(c1)OCCN2CCC[N+]1(CCO)CCCC1. The number of ether oxygens (including phenoxy) is 1. The van der Waals surface area contributed by atoms with Gasteiger partial charge in [0.05, 0.1) is 38.5 Å². The Labute approximate surface area is 132 Å². The van der Waals surface area contributed by atoms with Crippen LogP contribution >= 0.6 is 0 Å². The van der Waals surface area contributed by atoms with Gasteiger partial charge >= 0.3 is 0 Å². The highest BCUT2D eigenvalue weighted by Crippen LogP contribution is 2.33. The van der Waals surface area contributed by atoms with Crippen LogP contribution < -0.4 is 15.4 Å². The van der Waals surface area contributed by atoms with Crippen LogP contribution in [0.4, 0.5) is 11.4 Å². The number of likely N-dealkylation sites (tertiary alicyclic amines) is 1. The summed E-state index contributed by atoms with van der Waals surface area (Å²) in [5, 5.41) is 9.34. The number of benzene rings is 1. The Kier molecular flexibility index (Phi) is 4.74. The van der Waals surface area contributed by atoms with Crippen molar-refractivity contribution in [3.63, 3.8) is 0 Å². The van der Waals surface area contributed by atoms with E-state index in [4.69, 9.17) is 10.5 Å². The Morgan fingerprint density at radius 3 is 2.82 bits per heavy atom. The molecule has 2 aliphatic heterocycles. The van der Waals surface area contributed by atoms with Crippen LogP contribution in [-0.2, 0) is 0 Å². The maximum atomic E-state index is 9.34. The number of aliphatic hydroxyl groups is 1. The predicted molar refractivity (Wildman–Crippen MR) is 89.2 cm³/mol. The van der Waals surface area contributed by atoms with E-state index in [-0.39, 0.29) is 0 Å². The fourth-order valence-electron chi connectivity index (χ4n) is 3.90. The number of aliphatic hydroxyl groups excluding tert-OH is 1. The Morgan fingerprint density at radius 1 is 1.23 bits per heavy atom. The highest BCUT2D eigenvalue weighted by Gasteiger charge is 2.31. The van der Waals surface area contributed by atoms with Gasteiger partial charge in [0.2, 0.25) is 0 Å². The van der Waals surface area contributed by atoms with Gasteiger partial charge in [0.1, 0.15) is 18.9 Å². The summed E-state index contributed by atoms with van der Waals surface area (Å²) in [7, 11) is 0. The maximum Gasteiger partial charge on any atom is 0.144 e. The van der Waals surface area contributed by atoms with Gasteiger partial charge in [0.15, 0.2) is 0 Å². The first-order chi connectivity index (χ1) is 10.7. The van der Waals surface area contributed by atoms with Crippen LogP contribution in [0.2, 0.25) is 0 Å². The first-order valence-electron chi connectivity index (χ1n) is 8.46. The molecule has 0 aromatic heterocycles. The number of nitrogens with zero attached hydrogens (tertiary/aromatic N) is 2. The number of hydrogen-bond donors (Lipinski definition) is 2. The highest BCUT2D eigenvalue weighted by atomic mass is 16.5. The third-order valence-electron chi connectivity index (χ3n) is 5.09. The normalized spacial score (nSPS) is 19.8. The van der Waals surface area contributed by atoms with E-state index in [0.29, 0.717) is 6.61 Å². The molecule has 0 bridgehead atoms. The van der Waals surface area contributed by atoms with E-state index in [1.807, 2.05) is 12.1 Å². The van der Waals surface area contributed by atoms with Crippen molar-refractivity contribution in [2.45, 2.75) is 19.3 Å². The van der Waals surface area contributed by atoms with Gasteiger partial charge in [-0.25, -0.2) is 0 Å². The fourth-order valence-corrected chi connectivity index (χ4v) is 3.90. The molecule has 5 nitrogen and oxygen atoms in total. The second kappa shape index (κ2) is 6.75.